The first kappa shape index (κ1) is 17.9. The van der Waals surface area contributed by atoms with Gasteiger partial charge in [0.1, 0.15) is 5.75 Å². The summed E-state index contributed by atoms with van der Waals surface area (Å²) in [5.41, 5.74) is 2.00. The summed E-state index contributed by atoms with van der Waals surface area (Å²) in [6.45, 7) is 2.94. The molecule has 0 aliphatic carbocycles. The number of aromatic nitrogens is 1. The smallest absolute Gasteiger partial charge is 0.119 e. The zero-order valence-corrected chi connectivity index (χ0v) is 14.7. The molecule has 1 aliphatic heterocycles. The van der Waals surface area contributed by atoms with Crippen molar-refractivity contribution >= 4 is 0 Å². The van der Waals surface area contributed by atoms with Crippen molar-refractivity contribution in [3.05, 3.63) is 59.9 Å². The van der Waals surface area contributed by atoms with Crippen molar-refractivity contribution in [3.8, 4) is 5.75 Å². The van der Waals surface area contributed by atoms with Gasteiger partial charge in [-0.25, -0.2) is 0 Å². The first-order valence-electron chi connectivity index (χ1n) is 8.79. The molecule has 134 valence electrons. The Bertz CT molecular complexity index is 644. The Kier molecular flexibility index (Phi) is 6.39. The summed E-state index contributed by atoms with van der Waals surface area (Å²) in [5.74, 6) is 0.759. The van der Waals surface area contributed by atoms with Crippen LogP contribution in [-0.2, 0) is 11.3 Å². The molecule has 1 aromatic carbocycles. The normalized spacial score (nSPS) is 18.4. The lowest BCUT2D eigenvalue weighted by molar-refractivity contribution is 0.0459. The molecule has 5 heteroatoms. The van der Waals surface area contributed by atoms with Crippen LogP contribution >= 0.6 is 0 Å². The zero-order valence-electron chi connectivity index (χ0n) is 14.7. The minimum atomic E-state index is -0.576. The molecule has 1 aromatic heterocycles. The molecule has 1 aliphatic rings. The molecule has 1 fully saturated rings. The van der Waals surface area contributed by atoms with Crippen molar-refractivity contribution in [3.63, 3.8) is 0 Å². The van der Waals surface area contributed by atoms with Crippen LogP contribution in [0.5, 0.6) is 5.75 Å². The van der Waals surface area contributed by atoms with Crippen molar-refractivity contribution in [2.45, 2.75) is 31.6 Å². The highest BCUT2D eigenvalue weighted by atomic mass is 16.5. The monoisotopic (exact) mass is 342 g/mol. The Hall–Kier alpha value is -1.95. The molecule has 0 bridgehead atoms. The van der Waals surface area contributed by atoms with Gasteiger partial charge in [0, 0.05) is 38.6 Å². The predicted octanol–water partition coefficient (Wildman–Crippen LogP) is 2.80. The van der Waals surface area contributed by atoms with Gasteiger partial charge in [-0.15, -0.1) is 0 Å². The van der Waals surface area contributed by atoms with Gasteiger partial charge in [0.2, 0.25) is 0 Å². The first-order valence-corrected chi connectivity index (χ1v) is 8.79. The molecule has 0 amide bonds. The number of aliphatic hydroxyl groups excluding tert-OH is 1. The Balaban J connectivity index is 1.68. The fourth-order valence-corrected chi connectivity index (χ4v) is 3.23. The summed E-state index contributed by atoms with van der Waals surface area (Å²) in [6, 6.07) is 11.6. The average Bonchev–Trinajstić information content (AvgIpc) is 3.15. The van der Waals surface area contributed by atoms with Gasteiger partial charge in [-0.3, -0.25) is 9.88 Å². The third-order valence-electron chi connectivity index (χ3n) is 4.52. The molecule has 3 rings (SSSR count). The lowest BCUT2D eigenvalue weighted by atomic mass is 10.1. The molecule has 1 saturated heterocycles. The number of hydrogen-bond donors (Lipinski definition) is 1. The molecule has 5 nitrogen and oxygen atoms in total. The lowest BCUT2D eigenvalue weighted by Gasteiger charge is -2.27. The van der Waals surface area contributed by atoms with Gasteiger partial charge in [0.05, 0.1) is 19.3 Å². The van der Waals surface area contributed by atoms with E-state index in [1.165, 1.54) is 0 Å². The number of nitrogens with zero attached hydrogens (tertiary/aromatic N) is 2. The fourth-order valence-electron chi connectivity index (χ4n) is 3.23. The summed E-state index contributed by atoms with van der Waals surface area (Å²) in [4.78, 5) is 6.44. The van der Waals surface area contributed by atoms with Crippen LogP contribution in [0.25, 0.3) is 0 Å². The summed E-state index contributed by atoms with van der Waals surface area (Å²) in [5, 5.41) is 10.7. The Labute approximate surface area is 149 Å². The van der Waals surface area contributed by atoms with E-state index in [4.69, 9.17) is 9.47 Å². The largest absolute Gasteiger partial charge is 0.497 e. The van der Waals surface area contributed by atoms with Gasteiger partial charge in [-0.2, -0.15) is 0 Å². The van der Waals surface area contributed by atoms with Gasteiger partial charge in [-0.05, 0) is 42.2 Å². The average molecular weight is 342 g/mol. The molecule has 0 spiro atoms. The predicted molar refractivity (Wildman–Crippen MR) is 96.4 cm³/mol. The summed E-state index contributed by atoms with van der Waals surface area (Å²) >= 11 is 0. The maximum Gasteiger partial charge on any atom is 0.119 e. The topological polar surface area (TPSA) is 54.8 Å². The zero-order chi connectivity index (χ0) is 17.5. The van der Waals surface area contributed by atoms with Gasteiger partial charge >= 0.3 is 0 Å². The van der Waals surface area contributed by atoms with Crippen LogP contribution in [0.2, 0.25) is 0 Å². The number of methoxy groups -OCH3 is 1. The number of rotatable bonds is 8. The Morgan fingerprint density at radius 1 is 1.36 bits per heavy atom. The van der Waals surface area contributed by atoms with Crippen LogP contribution in [0.4, 0.5) is 0 Å². The van der Waals surface area contributed by atoms with Crippen LogP contribution in [-0.4, -0.2) is 47.9 Å². The number of pyridine rings is 1. The van der Waals surface area contributed by atoms with E-state index in [9.17, 15) is 5.11 Å². The third kappa shape index (κ3) is 5.26. The number of hydrogen-bond acceptors (Lipinski definition) is 5. The van der Waals surface area contributed by atoms with Gasteiger partial charge in [-0.1, -0.05) is 18.2 Å². The lowest BCUT2D eigenvalue weighted by Crippen LogP contribution is -2.35. The number of aliphatic hydroxyl groups is 1. The molecule has 2 aromatic rings. The second-order valence-electron chi connectivity index (χ2n) is 6.48. The van der Waals surface area contributed by atoms with Crippen molar-refractivity contribution < 1.29 is 14.6 Å². The highest BCUT2D eigenvalue weighted by Crippen LogP contribution is 2.22. The third-order valence-corrected chi connectivity index (χ3v) is 4.52. The van der Waals surface area contributed by atoms with Crippen LogP contribution in [0.3, 0.4) is 0 Å². The molecule has 2 unspecified atom stereocenters. The molecule has 2 atom stereocenters. The van der Waals surface area contributed by atoms with E-state index in [0.717, 1.165) is 49.4 Å². The SMILES string of the molecule is COc1cccc(C(O)CN(Cc2cccnc2)CC2CCCO2)c1. The maximum absolute atomic E-state index is 10.7. The highest BCUT2D eigenvalue weighted by molar-refractivity contribution is 5.30. The maximum atomic E-state index is 10.7. The molecular formula is C20H26N2O3. The van der Waals surface area contributed by atoms with E-state index < -0.39 is 6.10 Å². The molecule has 0 radical (unpaired) electrons. The number of ether oxygens (including phenoxy) is 2. The van der Waals surface area contributed by atoms with E-state index in [0.29, 0.717) is 6.54 Å². The van der Waals surface area contributed by atoms with Gasteiger partial charge in [0.25, 0.3) is 0 Å². The van der Waals surface area contributed by atoms with E-state index in [-0.39, 0.29) is 6.10 Å². The minimum Gasteiger partial charge on any atom is -0.497 e. The molecule has 2 heterocycles. The Morgan fingerprint density at radius 3 is 3.00 bits per heavy atom. The van der Waals surface area contributed by atoms with Crippen LogP contribution in [0, 0.1) is 0 Å². The van der Waals surface area contributed by atoms with Crippen molar-refractivity contribution in [2.24, 2.45) is 0 Å². The van der Waals surface area contributed by atoms with E-state index in [2.05, 4.69) is 16.0 Å². The second-order valence-corrected chi connectivity index (χ2v) is 6.48. The van der Waals surface area contributed by atoms with E-state index >= 15 is 0 Å². The van der Waals surface area contributed by atoms with Crippen molar-refractivity contribution in [1.29, 1.82) is 0 Å². The fraction of sp³-hybridized carbons (Fsp3) is 0.450. The molecule has 25 heavy (non-hydrogen) atoms. The van der Waals surface area contributed by atoms with Gasteiger partial charge in [0.15, 0.2) is 0 Å². The van der Waals surface area contributed by atoms with E-state index in [1.807, 2.05) is 36.5 Å². The van der Waals surface area contributed by atoms with Crippen molar-refractivity contribution in [2.75, 3.05) is 26.8 Å². The molecule has 0 saturated carbocycles. The first-order chi connectivity index (χ1) is 12.2. The molecular weight excluding hydrogens is 316 g/mol. The number of benzene rings is 1. The molecule has 1 N–H and O–H groups in total. The van der Waals surface area contributed by atoms with Crippen molar-refractivity contribution in [1.82, 2.24) is 9.88 Å². The Morgan fingerprint density at radius 2 is 2.28 bits per heavy atom. The summed E-state index contributed by atoms with van der Waals surface area (Å²) in [7, 11) is 1.64. The summed E-state index contributed by atoms with van der Waals surface area (Å²) in [6.07, 6.45) is 5.52. The van der Waals surface area contributed by atoms with E-state index in [1.54, 1.807) is 13.3 Å². The standard InChI is InChI=1S/C20H26N2O3/c1-24-18-7-2-6-17(11-18)20(23)15-22(14-19-8-4-10-25-19)13-16-5-3-9-21-12-16/h2-3,5-7,9,11-12,19-20,23H,4,8,10,13-15H2,1H3. The van der Waals surface area contributed by atoms with Crippen LogP contribution in [0.15, 0.2) is 48.8 Å². The summed E-state index contributed by atoms with van der Waals surface area (Å²) < 4.78 is 11.0. The highest BCUT2D eigenvalue weighted by Gasteiger charge is 2.22. The minimum absolute atomic E-state index is 0.245. The second kappa shape index (κ2) is 8.94. The van der Waals surface area contributed by atoms with Crippen LogP contribution in [0.1, 0.15) is 30.1 Å². The quantitative estimate of drug-likeness (QED) is 0.799. The van der Waals surface area contributed by atoms with Crippen LogP contribution < -0.4 is 4.74 Å². The van der Waals surface area contributed by atoms with Gasteiger partial charge < -0.3 is 14.6 Å².